The number of hydrogen-bond acceptors (Lipinski definition) is 2. The van der Waals surface area contributed by atoms with Crippen LogP contribution in [-0.4, -0.2) is 28.6 Å². The first-order valence-electron chi connectivity index (χ1n) is 5.41. The number of aromatic amines is 1. The molecule has 0 saturated heterocycles. The van der Waals surface area contributed by atoms with Crippen molar-refractivity contribution in [1.29, 1.82) is 0 Å². The molecule has 0 aliphatic heterocycles. The number of aromatic nitrogens is 1. The van der Waals surface area contributed by atoms with Gasteiger partial charge in [-0.3, -0.25) is 4.79 Å². The fraction of sp³-hybridized carbons (Fsp3) is 0.250. The molecule has 1 unspecified atom stereocenters. The molecule has 1 aromatic carbocycles. The Kier molecular flexibility index (Phi) is 3.80. The summed E-state index contributed by atoms with van der Waals surface area (Å²) in [6, 6.07) is 4.84. The second-order valence-corrected chi connectivity index (χ2v) is 4.88. The quantitative estimate of drug-likeness (QED) is 0.812. The number of amides is 1. The van der Waals surface area contributed by atoms with E-state index in [0.29, 0.717) is 15.4 Å². The minimum atomic E-state index is -0.353. The van der Waals surface area contributed by atoms with Gasteiger partial charge in [0.15, 0.2) is 0 Å². The molecular formula is C12H12Cl2N2O2. The maximum Gasteiger partial charge on any atom is 0.269 e. The van der Waals surface area contributed by atoms with Crippen molar-refractivity contribution < 1.29 is 9.90 Å². The number of halogens is 2. The van der Waals surface area contributed by atoms with Crippen molar-refractivity contribution in [2.24, 2.45) is 0 Å². The van der Waals surface area contributed by atoms with Crippen LogP contribution in [0.25, 0.3) is 10.9 Å². The monoisotopic (exact) mass is 286 g/mol. The van der Waals surface area contributed by atoms with Crippen LogP contribution in [0.4, 0.5) is 0 Å². The van der Waals surface area contributed by atoms with Crippen molar-refractivity contribution in [3.05, 3.63) is 33.9 Å². The van der Waals surface area contributed by atoms with E-state index < -0.39 is 0 Å². The van der Waals surface area contributed by atoms with Gasteiger partial charge in [0, 0.05) is 22.0 Å². The summed E-state index contributed by atoms with van der Waals surface area (Å²) in [7, 11) is 0. The van der Waals surface area contributed by atoms with Crippen LogP contribution in [0, 0.1) is 0 Å². The fourth-order valence-corrected chi connectivity index (χ4v) is 2.09. The molecule has 1 amide bonds. The van der Waals surface area contributed by atoms with E-state index in [1.807, 2.05) is 0 Å². The Morgan fingerprint density at radius 1 is 1.50 bits per heavy atom. The van der Waals surface area contributed by atoms with Gasteiger partial charge in [-0.05, 0) is 25.1 Å². The largest absolute Gasteiger partial charge is 0.394 e. The number of carbonyl (C=O) groups is 1. The molecule has 3 N–H and O–H groups in total. The molecule has 0 fully saturated rings. The molecule has 96 valence electrons. The van der Waals surface area contributed by atoms with E-state index in [0.717, 1.165) is 5.52 Å². The Hall–Kier alpha value is -1.23. The minimum absolute atomic E-state index is 0.130. The predicted octanol–water partition coefficient (Wildman–Crippen LogP) is 2.59. The first-order chi connectivity index (χ1) is 8.52. The lowest BCUT2D eigenvalue weighted by molar-refractivity contribution is 0.0918. The predicted molar refractivity (Wildman–Crippen MR) is 72.3 cm³/mol. The number of carbonyl (C=O) groups excluding carboxylic acids is 1. The van der Waals surface area contributed by atoms with Crippen LogP contribution in [0.3, 0.4) is 0 Å². The van der Waals surface area contributed by atoms with Gasteiger partial charge in [-0.2, -0.15) is 0 Å². The number of nitrogens with one attached hydrogen (secondary N) is 2. The fourth-order valence-electron chi connectivity index (χ4n) is 1.63. The van der Waals surface area contributed by atoms with Gasteiger partial charge in [-0.1, -0.05) is 23.2 Å². The zero-order valence-corrected chi connectivity index (χ0v) is 11.1. The van der Waals surface area contributed by atoms with E-state index in [9.17, 15) is 4.79 Å². The third kappa shape index (κ3) is 2.46. The molecule has 4 nitrogen and oxygen atoms in total. The highest BCUT2D eigenvalue weighted by atomic mass is 35.5. The summed E-state index contributed by atoms with van der Waals surface area (Å²) in [5, 5.41) is 13.1. The Morgan fingerprint density at radius 3 is 2.89 bits per heavy atom. The van der Waals surface area contributed by atoms with E-state index in [-0.39, 0.29) is 24.2 Å². The SMILES string of the molecule is CC(CO)NC(=O)c1[nH]c2ccc(Cl)cc2c1Cl. The average Bonchev–Trinajstić information content (AvgIpc) is 2.66. The number of fused-ring (bicyclic) bond motifs is 1. The first kappa shape index (κ1) is 13.2. The Morgan fingerprint density at radius 2 is 2.22 bits per heavy atom. The van der Waals surface area contributed by atoms with Crippen molar-refractivity contribution in [2.45, 2.75) is 13.0 Å². The third-order valence-corrected chi connectivity index (χ3v) is 3.20. The van der Waals surface area contributed by atoms with Crippen LogP contribution in [-0.2, 0) is 0 Å². The number of benzene rings is 1. The van der Waals surface area contributed by atoms with Crippen LogP contribution in [0.5, 0.6) is 0 Å². The molecule has 1 heterocycles. The summed E-state index contributed by atoms with van der Waals surface area (Å²) in [6.07, 6.45) is 0. The van der Waals surface area contributed by atoms with Crippen LogP contribution in [0.15, 0.2) is 18.2 Å². The minimum Gasteiger partial charge on any atom is -0.394 e. The lowest BCUT2D eigenvalue weighted by atomic mass is 10.2. The molecule has 1 atom stereocenters. The van der Waals surface area contributed by atoms with Gasteiger partial charge in [0.25, 0.3) is 5.91 Å². The molecule has 2 aromatic rings. The summed E-state index contributed by atoms with van der Waals surface area (Å²) < 4.78 is 0. The normalized spacial score (nSPS) is 12.7. The number of aliphatic hydroxyl groups is 1. The molecule has 6 heteroatoms. The lowest BCUT2D eigenvalue weighted by Crippen LogP contribution is -2.35. The van der Waals surface area contributed by atoms with Gasteiger partial charge in [0.2, 0.25) is 0 Å². The molecule has 0 aliphatic rings. The first-order valence-corrected chi connectivity index (χ1v) is 6.17. The van der Waals surface area contributed by atoms with E-state index in [4.69, 9.17) is 28.3 Å². The molecular weight excluding hydrogens is 275 g/mol. The zero-order valence-electron chi connectivity index (χ0n) is 9.63. The summed E-state index contributed by atoms with van der Waals surface area (Å²) in [5.74, 6) is -0.353. The summed E-state index contributed by atoms with van der Waals surface area (Å²) in [4.78, 5) is 14.9. The smallest absolute Gasteiger partial charge is 0.269 e. The number of H-pyrrole nitrogens is 1. The summed E-state index contributed by atoms with van der Waals surface area (Å²) in [6.45, 7) is 1.57. The number of aliphatic hydroxyl groups excluding tert-OH is 1. The van der Waals surface area contributed by atoms with E-state index >= 15 is 0 Å². The van der Waals surface area contributed by atoms with Gasteiger partial charge >= 0.3 is 0 Å². The average molecular weight is 287 g/mol. The second kappa shape index (κ2) is 5.18. The summed E-state index contributed by atoms with van der Waals surface area (Å²) >= 11 is 12.0. The topological polar surface area (TPSA) is 65.1 Å². The van der Waals surface area contributed by atoms with Crippen molar-refractivity contribution in [3.63, 3.8) is 0 Å². The van der Waals surface area contributed by atoms with E-state index in [2.05, 4.69) is 10.3 Å². The Bertz CT molecular complexity index is 595. The highest BCUT2D eigenvalue weighted by Gasteiger charge is 2.17. The van der Waals surface area contributed by atoms with Crippen molar-refractivity contribution in [2.75, 3.05) is 6.61 Å². The van der Waals surface area contributed by atoms with Crippen molar-refractivity contribution in [3.8, 4) is 0 Å². The Labute approximate surface area is 114 Å². The second-order valence-electron chi connectivity index (χ2n) is 4.06. The van der Waals surface area contributed by atoms with Gasteiger partial charge < -0.3 is 15.4 Å². The number of hydrogen-bond donors (Lipinski definition) is 3. The zero-order chi connectivity index (χ0) is 13.3. The molecule has 0 radical (unpaired) electrons. The van der Waals surface area contributed by atoms with Gasteiger partial charge in [0.1, 0.15) is 5.69 Å². The Balaban J connectivity index is 2.40. The lowest BCUT2D eigenvalue weighted by Gasteiger charge is -2.09. The van der Waals surface area contributed by atoms with Gasteiger partial charge in [0.05, 0.1) is 11.6 Å². The number of rotatable bonds is 3. The van der Waals surface area contributed by atoms with Crippen LogP contribution in [0.1, 0.15) is 17.4 Å². The van der Waals surface area contributed by atoms with Gasteiger partial charge in [-0.15, -0.1) is 0 Å². The molecule has 18 heavy (non-hydrogen) atoms. The maximum absolute atomic E-state index is 11.9. The molecule has 1 aromatic heterocycles. The van der Waals surface area contributed by atoms with E-state index in [1.165, 1.54) is 0 Å². The highest BCUT2D eigenvalue weighted by Crippen LogP contribution is 2.29. The van der Waals surface area contributed by atoms with E-state index in [1.54, 1.807) is 25.1 Å². The van der Waals surface area contributed by atoms with Crippen LogP contribution in [0.2, 0.25) is 10.0 Å². The maximum atomic E-state index is 11.9. The van der Waals surface area contributed by atoms with Crippen molar-refractivity contribution in [1.82, 2.24) is 10.3 Å². The van der Waals surface area contributed by atoms with Crippen LogP contribution >= 0.6 is 23.2 Å². The highest BCUT2D eigenvalue weighted by molar-refractivity contribution is 6.39. The molecule has 0 saturated carbocycles. The van der Waals surface area contributed by atoms with Crippen molar-refractivity contribution >= 4 is 40.0 Å². The van der Waals surface area contributed by atoms with Crippen LogP contribution < -0.4 is 5.32 Å². The standard InChI is InChI=1S/C12H12Cl2N2O2/c1-6(5-17)15-12(18)11-10(14)8-4-7(13)2-3-9(8)16-11/h2-4,6,16-17H,5H2,1H3,(H,15,18). The summed E-state index contributed by atoms with van der Waals surface area (Å²) in [5.41, 5.74) is 1.01. The molecule has 0 bridgehead atoms. The molecule has 2 rings (SSSR count). The van der Waals surface area contributed by atoms with Gasteiger partial charge in [-0.25, -0.2) is 0 Å². The molecule has 0 aliphatic carbocycles. The third-order valence-electron chi connectivity index (χ3n) is 2.58. The molecule has 0 spiro atoms.